The summed E-state index contributed by atoms with van der Waals surface area (Å²) in [6, 6.07) is 16.2. The van der Waals surface area contributed by atoms with Crippen molar-refractivity contribution in [2.24, 2.45) is 0 Å². The minimum atomic E-state index is -0.614. The van der Waals surface area contributed by atoms with Crippen LogP contribution in [0.5, 0.6) is 0 Å². The highest BCUT2D eigenvalue weighted by Crippen LogP contribution is 2.18. The van der Waals surface area contributed by atoms with E-state index in [0.717, 1.165) is 17.8 Å². The Bertz CT molecular complexity index is 944. The number of nitrogens with one attached hydrogen (secondary N) is 2. The number of hydrogen-bond acceptors (Lipinski definition) is 5. The van der Waals surface area contributed by atoms with E-state index < -0.39 is 11.9 Å². The average Bonchev–Trinajstić information content (AvgIpc) is 2.74. The molecule has 156 valence electrons. The van der Waals surface area contributed by atoms with Gasteiger partial charge in [0.05, 0.1) is 6.61 Å². The number of anilines is 2. The molecule has 0 fully saturated rings. The third-order valence-corrected chi connectivity index (χ3v) is 4.09. The van der Waals surface area contributed by atoms with Crippen LogP contribution < -0.4 is 15.5 Å². The molecule has 2 amide bonds. The van der Waals surface area contributed by atoms with Crippen LogP contribution in [0.2, 0.25) is 0 Å². The van der Waals surface area contributed by atoms with Gasteiger partial charge in [-0.15, -0.1) is 0 Å². The van der Waals surface area contributed by atoms with Gasteiger partial charge < -0.3 is 15.0 Å². The average molecular weight is 426 g/mol. The Kier molecular flexibility index (Phi) is 8.71. The molecule has 0 unspecified atom stereocenters. The third kappa shape index (κ3) is 6.82. The maximum absolute atomic E-state index is 12.9. The largest absolute Gasteiger partial charge is 0.463 e. The van der Waals surface area contributed by atoms with E-state index in [4.69, 9.17) is 17.0 Å². The molecule has 30 heavy (non-hydrogen) atoms. The number of para-hydroxylation sites is 1. The highest BCUT2D eigenvalue weighted by molar-refractivity contribution is 7.80. The fraction of sp³-hybridized carbons (Fsp3) is 0.182. The van der Waals surface area contributed by atoms with Crippen molar-refractivity contribution in [1.82, 2.24) is 5.32 Å². The molecule has 2 N–H and O–H groups in total. The molecule has 0 atom stereocenters. The number of hydrogen-bond donors (Lipinski definition) is 2. The first-order chi connectivity index (χ1) is 14.4. The van der Waals surface area contributed by atoms with E-state index in [0.29, 0.717) is 17.8 Å². The summed E-state index contributed by atoms with van der Waals surface area (Å²) in [7, 11) is 0. The van der Waals surface area contributed by atoms with E-state index in [1.807, 2.05) is 37.3 Å². The number of rotatable bonds is 7. The van der Waals surface area contributed by atoms with Gasteiger partial charge in [0.1, 0.15) is 0 Å². The van der Waals surface area contributed by atoms with Crippen LogP contribution in [0, 0.1) is 0 Å². The van der Waals surface area contributed by atoms with Crippen LogP contribution in [-0.2, 0) is 14.3 Å². The Balaban J connectivity index is 2.02. The van der Waals surface area contributed by atoms with Crippen LogP contribution in [0.15, 0.2) is 66.7 Å². The second kappa shape index (κ2) is 11.5. The van der Waals surface area contributed by atoms with E-state index in [-0.39, 0.29) is 17.6 Å². The normalized spacial score (nSPS) is 10.3. The number of ether oxygens (including phenoxy) is 1. The quantitative estimate of drug-likeness (QED) is 0.402. The number of esters is 1. The van der Waals surface area contributed by atoms with Crippen molar-refractivity contribution in [2.75, 3.05) is 23.4 Å². The Morgan fingerprint density at radius 2 is 1.77 bits per heavy atom. The SMILES string of the molecule is CCOC(=O)/C=C/C(=O)NC(=S)Nc1cccc(C(=O)N(CC)c2ccccc2)c1. The zero-order valence-corrected chi connectivity index (χ0v) is 17.6. The number of benzene rings is 2. The monoisotopic (exact) mass is 425 g/mol. The Morgan fingerprint density at radius 1 is 1.03 bits per heavy atom. The van der Waals surface area contributed by atoms with Crippen molar-refractivity contribution in [2.45, 2.75) is 13.8 Å². The predicted molar refractivity (Wildman–Crippen MR) is 120 cm³/mol. The van der Waals surface area contributed by atoms with Gasteiger partial charge >= 0.3 is 5.97 Å². The molecule has 0 aliphatic heterocycles. The maximum Gasteiger partial charge on any atom is 0.330 e. The summed E-state index contributed by atoms with van der Waals surface area (Å²) in [5.74, 6) is -1.34. The van der Waals surface area contributed by atoms with Crippen LogP contribution in [0.1, 0.15) is 24.2 Å². The van der Waals surface area contributed by atoms with Crippen LogP contribution in [-0.4, -0.2) is 36.0 Å². The number of thiocarbonyl (C=S) groups is 1. The number of carbonyl (C=O) groups excluding carboxylic acids is 3. The fourth-order valence-corrected chi connectivity index (χ4v) is 2.81. The van der Waals surface area contributed by atoms with Crippen molar-refractivity contribution in [3.63, 3.8) is 0 Å². The van der Waals surface area contributed by atoms with Crippen molar-refractivity contribution in [1.29, 1.82) is 0 Å². The van der Waals surface area contributed by atoms with Gasteiger partial charge in [0.25, 0.3) is 5.91 Å². The first-order valence-electron chi connectivity index (χ1n) is 9.38. The molecule has 7 nitrogen and oxygen atoms in total. The molecule has 2 rings (SSSR count). The number of amides is 2. The van der Waals surface area contributed by atoms with E-state index in [9.17, 15) is 14.4 Å². The molecule has 2 aromatic carbocycles. The molecule has 0 saturated heterocycles. The van der Waals surface area contributed by atoms with Gasteiger partial charge in [0, 0.05) is 35.6 Å². The molecule has 0 spiro atoms. The highest BCUT2D eigenvalue weighted by Gasteiger charge is 2.16. The van der Waals surface area contributed by atoms with Gasteiger partial charge in [-0.2, -0.15) is 0 Å². The second-order valence-electron chi connectivity index (χ2n) is 5.99. The zero-order valence-electron chi connectivity index (χ0n) is 16.8. The Labute approximate surface area is 180 Å². The maximum atomic E-state index is 12.9. The summed E-state index contributed by atoms with van der Waals surface area (Å²) in [4.78, 5) is 37.7. The lowest BCUT2D eigenvalue weighted by Gasteiger charge is -2.21. The topological polar surface area (TPSA) is 87.7 Å². The lowest BCUT2D eigenvalue weighted by molar-refractivity contribution is -0.137. The van der Waals surface area contributed by atoms with Crippen LogP contribution in [0.4, 0.5) is 11.4 Å². The fourth-order valence-electron chi connectivity index (χ4n) is 2.59. The smallest absolute Gasteiger partial charge is 0.330 e. The molecular weight excluding hydrogens is 402 g/mol. The number of carbonyl (C=O) groups is 3. The lowest BCUT2D eigenvalue weighted by Crippen LogP contribution is -2.33. The molecule has 0 aliphatic carbocycles. The minimum Gasteiger partial charge on any atom is -0.463 e. The molecular formula is C22H23N3O4S. The summed E-state index contributed by atoms with van der Waals surface area (Å²) < 4.78 is 4.70. The third-order valence-electron chi connectivity index (χ3n) is 3.89. The Hall–Kier alpha value is -3.52. The lowest BCUT2D eigenvalue weighted by atomic mass is 10.1. The van der Waals surface area contributed by atoms with E-state index in [1.165, 1.54) is 0 Å². The van der Waals surface area contributed by atoms with Gasteiger partial charge in [-0.05, 0) is 56.4 Å². The summed E-state index contributed by atoms with van der Waals surface area (Å²) in [6.07, 6.45) is 2.05. The molecule has 0 bridgehead atoms. The molecule has 0 radical (unpaired) electrons. The first kappa shape index (κ1) is 22.8. The second-order valence-corrected chi connectivity index (χ2v) is 6.40. The van der Waals surface area contributed by atoms with Crippen molar-refractivity contribution >= 4 is 46.5 Å². The summed E-state index contributed by atoms with van der Waals surface area (Å²) in [6.45, 7) is 4.31. The molecule has 0 aliphatic rings. The van der Waals surface area contributed by atoms with Gasteiger partial charge in [0.15, 0.2) is 5.11 Å². The van der Waals surface area contributed by atoms with E-state index in [1.54, 1.807) is 36.1 Å². The van der Waals surface area contributed by atoms with E-state index in [2.05, 4.69) is 10.6 Å². The zero-order chi connectivity index (χ0) is 21.9. The van der Waals surface area contributed by atoms with Gasteiger partial charge in [-0.25, -0.2) is 4.79 Å². The Morgan fingerprint density at radius 3 is 2.43 bits per heavy atom. The molecule has 0 saturated carbocycles. The summed E-state index contributed by atoms with van der Waals surface area (Å²) in [5.41, 5.74) is 1.83. The predicted octanol–water partition coefficient (Wildman–Crippen LogP) is 3.29. The summed E-state index contributed by atoms with van der Waals surface area (Å²) >= 11 is 5.11. The van der Waals surface area contributed by atoms with Crippen LogP contribution in [0.3, 0.4) is 0 Å². The molecule has 2 aromatic rings. The first-order valence-corrected chi connectivity index (χ1v) is 9.79. The van der Waals surface area contributed by atoms with Crippen LogP contribution in [0.25, 0.3) is 0 Å². The van der Waals surface area contributed by atoms with Gasteiger partial charge in [-0.1, -0.05) is 24.3 Å². The molecule has 0 heterocycles. The van der Waals surface area contributed by atoms with Crippen LogP contribution >= 0.6 is 12.2 Å². The summed E-state index contributed by atoms with van der Waals surface area (Å²) in [5, 5.41) is 5.32. The molecule has 0 aromatic heterocycles. The van der Waals surface area contributed by atoms with Gasteiger partial charge in [0.2, 0.25) is 5.91 Å². The highest BCUT2D eigenvalue weighted by atomic mass is 32.1. The van der Waals surface area contributed by atoms with Gasteiger partial charge in [-0.3, -0.25) is 14.9 Å². The van der Waals surface area contributed by atoms with Crippen molar-refractivity contribution < 1.29 is 19.1 Å². The number of nitrogens with zero attached hydrogens (tertiary/aromatic N) is 1. The van der Waals surface area contributed by atoms with Crippen molar-refractivity contribution in [3.05, 3.63) is 72.3 Å². The minimum absolute atomic E-state index is 0.0357. The van der Waals surface area contributed by atoms with Crippen molar-refractivity contribution in [3.8, 4) is 0 Å². The standard InChI is InChI=1S/C22H23N3O4S/c1-3-25(18-11-6-5-7-12-18)21(28)16-9-8-10-17(15-16)23-22(30)24-19(26)13-14-20(27)29-4-2/h5-15H,3-4H2,1-2H3,(H2,23,24,26,30)/b14-13+. The van der Waals surface area contributed by atoms with E-state index >= 15 is 0 Å². The molecule has 8 heteroatoms.